The number of likely N-dealkylation sites (N-methyl/N-ethyl adjacent to an activating group) is 1. The van der Waals surface area contributed by atoms with Gasteiger partial charge >= 0.3 is 6.01 Å². The largest absolute Gasteiger partial charge is 0.464 e. The van der Waals surface area contributed by atoms with Crippen LogP contribution in [0.2, 0.25) is 0 Å². The minimum absolute atomic E-state index is 0.210. The summed E-state index contributed by atoms with van der Waals surface area (Å²) >= 11 is 0. The van der Waals surface area contributed by atoms with Gasteiger partial charge in [0.2, 0.25) is 0 Å². The molecule has 0 saturated carbocycles. The van der Waals surface area contributed by atoms with Crippen LogP contribution in [0.5, 0.6) is 6.01 Å². The van der Waals surface area contributed by atoms with Crippen LogP contribution in [0.25, 0.3) is 22.6 Å². The lowest BCUT2D eigenvalue weighted by atomic mass is 10.1. The van der Waals surface area contributed by atoms with Gasteiger partial charge in [0, 0.05) is 57.7 Å². The average Bonchev–Trinajstić information content (AvgIpc) is 3.27. The van der Waals surface area contributed by atoms with Crippen LogP contribution in [0.4, 0.5) is 15.9 Å². The molecule has 38 heavy (non-hydrogen) atoms. The van der Waals surface area contributed by atoms with Crippen LogP contribution in [0.15, 0.2) is 47.7 Å². The van der Waals surface area contributed by atoms with Gasteiger partial charge in [-0.2, -0.15) is 9.97 Å². The van der Waals surface area contributed by atoms with Gasteiger partial charge < -0.3 is 24.0 Å². The molecule has 11 heteroatoms. The van der Waals surface area contributed by atoms with Crippen molar-refractivity contribution in [2.24, 2.45) is 4.99 Å². The molecule has 10 nitrogen and oxygen atoms in total. The van der Waals surface area contributed by atoms with Gasteiger partial charge in [-0.1, -0.05) is 12.1 Å². The van der Waals surface area contributed by atoms with Crippen molar-refractivity contribution in [1.82, 2.24) is 34.3 Å². The van der Waals surface area contributed by atoms with Crippen LogP contribution in [-0.4, -0.2) is 94.6 Å². The lowest BCUT2D eigenvalue weighted by molar-refractivity contribution is 0.313. The molecule has 1 aliphatic heterocycles. The Morgan fingerprint density at radius 3 is 2.50 bits per heavy atom. The summed E-state index contributed by atoms with van der Waals surface area (Å²) < 4.78 is 21.8. The number of hydrogen-bond acceptors (Lipinski definition) is 8. The summed E-state index contributed by atoms with van der Waals surface area (Å²) in [5, 5.41) is 0. The Bertz CT molecular complexity index is 1430. The van der Waals surface area contributed by atoms with Crippen molar-refractivity contribution in [3.63, 3.8) is 0 Å². The molecule has 198 valence electrons. The highest BCUT2D eigenvalue weighted by Crippen LogP contribution is 2.31. The first kappa shape index (κ1) is 25.5. The summed E-state index contributed by atoms with van der Waals surface area (Å²) in [6.07, 6.45) is 4.42. The number of ether oxygens (including phenoxy) is 1. The number of fused-ring (bicyclic) bond motifs is 1. The number of hydrogen-bond donors (Lipinski definition) is 0. The average molecular weight is 518 g/mol. The fourth-order valence-electron chi connectivity index (χ4n) is 4.38. The molecule has 0 N–H and O–H groups in total. The zero-order chi connectivity index (χ0) is 26.6. The molecule has 0 aliphatic carbocycles. The molecule has 0 bridgehead atoms. The van der Waals surface area contributed by atoms with E-state index in [-0.39, 0.29) is 6.01 Å². The summed E-state index contributed by atoms with van der Waals surface area (Å²) in [7, 11) is 5.90. The molecular weight excluding hydrogens is 485 g/mol. The Hall–Kier alpha value is -4.12. The Morgan fingerprint density at radius 2 is 1.82 bits per heavy atom. The van der Waals surface area contributed by atoms with E-state index in [1.165, 1.54) is 18.0 Å². The van der Waals surface area contributed by atoms with Crippen LogP contribution in [-0.2, 0) is 6.54 Å². The summed E-state index contributed by atoms with van der Waals surface area (Å²) in [4.78, 5) is 29.1. The van der Waals surface area contributed by atoms with Crippen LogP contribution in [0.1, 0.15) is 12.5 Å². The van der Waals surface area contributed by atoms with Gasteiger partial charge in [0.1, 0.15) is 11.6 Å². The van der Waals surface area contributed by atoms with E-state index in [4.69, 9.17) is 9.72 Å². The number of rotatable bonds is 8. The molecule has 0 spiro atoms. The number of nitrogens with zero attached hydrogens (tertiary/aromatic N) is 9. The minimum atomic E-state index is -0.440. The lowest BCUT2D eigenvalue weighted by Crippen LogP contribution is -2.44. The highest BCUT2D eigenvalue weighted by molar-refractivity contribution is 5.87. The maximum absolute atomic E-state index is 14.2. The van der Waals surface area contributed by atoms with E-state index in [1.807, 2.05) is 30.5 Å². The van der Waals surface area contributed by atoms with Gasteiger partial charge in [0.05, 0.1) is 25.7 Å². The number of imidazole rings is 1. The molecule has 4 heterocycles. The van der Waals surface area contributed by atoms with Crippen LogP contribution >= 0.6 is 0 Å². The summed E-state index contributed by atoms with van der Waals surface area (Å²) in [6.45, 7) is 6.86. The minimum Gasteiger partial charge on any atom is -0.464 e. The monoisotopic (exact) mass is 517 g/mol. The maximum Gasteiger partial charge on any atom is 0.320 e. The third-order valence-electron chi connectivity index (χ3n) is 6.35. The second kappa shape index (κ2) is 11.1. The molecule has 0 amide bonds. The van der Waals surface area contributed by atoms with E-state index >= 15 is 0 Å². The zero-order valence-electron chi connectivity index (χ0n) is 22.2. The molecule has 1 fully saturated rings. The fourth-order valence-corrected chi connectivity index (χ4v) is 4.38. The number of pyridine rings is 1. The quantitative estimate of drug-likeness (QED) is 0.260. The van der Waals surface area contributed by atoms with E-state index in [0.717, 1.165) is 31.7 Å². The van der Waals surface area contributed by atoms with E-state index in [1.54, 1.807) is 12.5 Å². The van der Waals surface area contributed by atoms with Crippen LogP contribution in [0, 0.1) is 5.82 Å². The first-order valence-electron chi connectivity index (χ1n) is 12.7. The van der Waals surface area contributed by atoms with Crippen molar-refractivity contribution < 1.29 is 9.13 Å². The zero-order valence-corrected chi connectivity index (χ0v) is 22.2. The number of aromatic nitrogens is 5. The number of piperazine rings is 1. The van der Waals surface area contributed by atoms with Gasteiger partial charge in [0.25, 0.3) is 0 Å². The second-order valence-electron chi connectivity index (χ2n) is 9.51. The van der Waals surface area contributed by atoms with E-state index in [9.17, 15) is 4.39 Å². The molecule has 0 atom stereocenters. The second-order valence-corrected chi connectivity index (χ2v) is 9.51. The van der Waals surface area contributed by atoms with Gasteiger partial charge in [-0.3, -0.25) is 4.98 Å². The highest BCUT2D eigenvalue weighted by atomic mass is 19.1. The van der Waals surface area contributed by atoms with Crippen molar-refractivity contribution in [2.45, 2.75) is 13.5 Å². The molecule has 0 radical (unpaired) electrons. The van der Waals surface area contributed by atoms with Gasteiger partial charge in [-0.15, -0.1) is 0 Å². The first-order chi connectivity index (χ1) is 18.4. The predicted octanol–water partition coefficient (Wildman–Crippen LogP) is 3.45. The molecule has 1 aromatic carbocycles. The van der Waals surface area contributed by atoms with E-state index in [2.05, 4.69) is 61.1 Å². The maximum atomic E-state index is 14.2. The lowest BCUT2D eigenvalue weighted by Gasteiger charge is -2.34. The number of anilines is 1. The smallest absolute Gasteiger partial charge is 0.320 e. The van der Waals surface area contributed by atoms with Gasteiger partial charge in [-0.25, -0.2) is 14.4 Å². The molecule has 1 aliphatic rings. The summed E-state index contributed by atoms with van der Waals surface area (Å²) in [5.41, 5.74) is 3.85. The van der Waals surface area contributed by atoms with Crippen LogP contribution < -0.4 is 9.64 Å². The molecule has 0 unspecified atom stereocenters. The fraction of sp³-hybridized carbons (Fsp3) is 0.370. The Balaban J connectivity index is 1.59. The van der Waals surface area contributed by atoms with Crippen molar-refractivity contribution in [1.29, 1.82) is 0 Å². The normalized spacial score (nSPS) is 14.5. The standard InChI is InChI=1S/C27H32FN9O/c1-5-38-27-32-24(30-18-34(2)3)23-26(33-27)37(25(31-23)20-14-21(28)16-29-15-20)17-19-6-8-22(9-7-19)36-12-10-35(4)11-13-36/h6-9,14-16,18H,5,10-13,17H2,1-4H3/b30-18-. The van der Waals surface area contributed by atoms with E-state index in [0.29, 0.717) is 41.5 Å². The van der Waals surface area contributed by atoms with Crippen molar-refractivity contribution in [3.05, 3.63) is 54.1 Å². The topological polar surface area (TPSA) is 87.8 Å². The van der Waals surface area contributed by atoms with Gasteiger partial charge in [-0.05, 0) is 37.7 Å². The highest BCUT2D eigenvalue weighted by Gasteiger charge is 2.21. The molecule has 4 aromatic rings. The molecular formula is C27H32FN9O. The summed E-state index contributed by atoms with van der Waals surface area (Å²) in [6, 6.07) is 10.2. The Labute approximate surface area is 221 Å². The Morgan fingerprint density at radius 1 is 1.05 bits per heavy atom. The Kier molecular flexibility index (Phi) is 7.45. The number of aliphatic imine (C=N–C) groups is 1. The third kappa shape index (κ3) is 5.57. The predicted molar refractivity (Wildman–Crippen MR) is 147 cm³/mol. The van der Waals surface area contributed by atoms with Crippen molar-refractivity contribution >= 4 is 29.0 Å². The third-order valence-corrected chi connectivity index (χ3v) is 6.35. The molecule has 5 rings (SSSR count). The first-order valence-corrected chi connectivity index (χ1v) is 12.7. The number of halogens is 1. The van der Waals surface area contributed by atoms with Crippen LogP contribution in [0.3, 0.4) is 0 Å². The van der Waals surface area contributed by atoms with Crippen molar-refractivity contribution in [3.8, 4) is 17.4 Å². The SMILES string of the molecule is CCOc1nc(/N=C\N(C)C)c2nc(-c3cncc(F)c3)n(Cc3ccc(N4CCN(C)CC4)cc3)c2n1. The van der Waals surface area contributed by atoms with E-state index < -0.39 is 5.82 Å². The van der Waals surface area contributed by atoms with Crippen molar-refractivity contribution in [2.75, 3.05) is 58.8 Å². The molecule has 3 aromatic heterocycles. The molecule has 1 saturated heterocycles. The van der Waals surface area contributed by atoms with Gasteiger partial charge in [0.15, 0.2) is 17.0 Å². The number of benzene rings is 1. The summed E-state index contributed by atoms with van der Waals surface area (Å²) in [5.74, 6) is 0.464.